The third-order valence-corrected chi connectivity index (χ3v) is 3.97. The summed E-state index contributed by atoms with van der Waals surface area (Å²) in [7, 11) is 4.04. The summed E-state index contributed by atoms with van der Waals surface area (Å²) in [5.41, 5.74) is 1.08. The Balaban J connectivity index is 1.69. The summed E-state index contributed by atoms with van der Waals surface area (Å²) in [4.78, 5) is 11.0. The number of halogens is 1. The predicted octanol–water partition coefficient (Wildman–Crippen LogP) is 3.21. The zero-order valence-electron chi connectivity index (χ0n) is 13.0. The molecule has 1 aromatic carbocycles. The van der Waals surface area contributed by atoms with Crippen molar-refractivity contribution in [2.24, 2.45) is 0 Å². The van der Waals surface area contributed by atoms with Crippen LogP contribution in [0.4, 0.5) is 10.2 Å². The molecule has 0 radical (unpaired) electrons. The van der Waals surface area contributed by atoms with Gasteiger partial charge in [-0.05, 0) is 50.7 Å². The maximum Gasteiger partial charge on any atom is 0.133 e. The van der Waals surface area contributed by atoms with Crippen molar-refractivity contribution in [3.63, 3.8) is 0 Å². The van der Waals surface area contributed by atoms with Crippen LogP contribution in [-0.4, -0.2) is 35.5 Å². The Morgan fingerprint density at radius 2 is 1.95 bits per heavy atom. The summed E-state index contributed by atoms with van der Waals surface area (Å²) >= 11 is 0. The van der Waals surface area contributed by atoms with E-state index in [2.05, 4.69) is 20.2 Å². The normalized spacial score (nSPS) is 15.8. The molecule has 0 bridgehead atoms. The van der Waals surface area contributed by atoms with Crippen molar-refractivity contribution in [3.8, 4) is 0 Å². The second-order valence-corrected chi connectivity index (χ2v) is 5.99. The number of hydrogen-bond acceptors (Lipinski definition) is 4. The zero-order valence-corrected chi connectivity index (χ0v) is 13.0. The minimum atomic E-state index is -0.209. The Bertz CT molecular complexity index is 623. The van der Waals surface area contributed by atoms with Crippen molar-refractivity contribution < 1.29 is 4.39 Å². The monoisotopic (exact) mass is 300 g/mol. The highest BCUT2D eigenvalue weighted by molar-refractivity contribution is 5.35. The van der Waals surface area contributed by atoms with Gasteiger partial charge in [0.2, 0.25) is 0 Å². The van der Waals surface area contributed by atoms with Crippen molar-refractivity contribution in [3.05, 3.63) is 53.7 Å². The number of nitrogens with zero attached hydrogens (tertiary/aromatic N) is 3. The largest absolute Gasteiger partial charge is 0.368 e. The van der Waals surface area contributed by atoms with Crippen LogP contribution in [0.15, 0.2) is 36.5 Å². The highest BCUT2D eigenvalue weighted by Gasteiger charge is 2.26. The van der Waals surface area contributed by atoms with Crippen LogP contribution in [0.2, 0.25) is 0 Å². The van der Waals surface area contributed by atoms with Gasteiger partial charge in [0.15, 0.2) is 0 Å². The molecule has 1 atom stereocenters. The van der Waals surface area contributed by atoms with Gasteiger partial charge in [-0.1, -0.05) is 12.1 Å². The minimum absolute atomic E-state index is 0.153. The number of benzene rings is 1. The second kappa shape index (κ2) is 6.40. The second-order valence-electron chi connectivity index (χ2n) is 5.99. The van der Waals surface area contributed by atoms with E-state index in [1.807, 2.05) is 38.5 Å². The van der Waals surface area contributed by atoms with Crippen molar-refractivity contribution >= 4 is 5.82 Å². The summed E-state index contributed by atoms with van der Waals surface area (Å²) < 4.78 is 13.1. The van der Waals surface area contributed by atoms with E-state index in [-0.39, 0.29) is 11.9 Å². The van der Waals surface area contributed by atoms with Gasteiger partial charge < -0.3 is 10.2 Å². The van der Waals surface area contributed by atoms with E-state index in [0.717, 1.165) is 17.2 Å². The van der Waals surface area contributed by atoms with Gasteiger partial charge in [-0.3, -0.25) is 0 Å². The first-order valence-electron chi connectivity index (χ1n) is 7.62. The van der Waals surface area contributed by atoms with E-state index < -0.39 is 0 Å². The SMILES string of the molecule is CN(C)C(CNc1ccnc(C2CC2)n1)c1ccc(F)cc1. The van der Waals surface area contributed by atoms with Crippen LogP contribution >= 0.6 is 0 Å². The third kappa shape index (κ3) is 3.60. The number of likely N-dealkylation sites (N-methyl/N-ethyl adjacent to an activating group) is 1. The number of rotatable bonds is 6. The molecule has 1 N–H and O–H groups in total. The van der Waals surface area contributed by atoms with Crippen molar-refractivity contribution in [1.29, 1.82) is 0 Å². The van der Waals surface area contributed by atoms with Crippen molar-refractivity contribution in [2.45, 2.75) is 24.8 Å². The molecule has 1 aliphatic rings. The zero-order chi connectivity index (χ0) is 15.5. The van der Waals surface area contributed by atoms with E-state index in [9.17, 15) is 4.39 Å². The molecule has 0 saturated heterocycles. The lowest BCUT2D eigenvalue weighted by Crippen LogP contribution is -2.27. The molecule has 1 fully saturated rings. The fourth-order valence-electron chi connectivity index (χ4n) is 2.50. The molecule has 4 nitrogen and oxygen atoms in total. The lowest BCUT2D eigenvalue weighted by molar-refractivity contribution is 0.311. The molecule has 1 aromatic heterocycles. The van der Waals surface area contributed by atoms with Crippen molar-refractivity contribution in [1.82, 2.24) is 14.9 Å². The molecule has 1 aliphatic carbocycles. The van der Waals surface area contributed by atoms with Crippen LogP contribution < -0.4 is 5.32 Å². The smallest absolute Gasteiger partial charge is 0.133 e. The topological polar surface area (TPSA) is 41.0 Å². The van der Waals surface area contributed by atoms with Gasteiger partial charge in [0, 0.05) is 18.7 Å². The fourth-order valence-corrected chi connectivity index (χ4v) is 2.50. The van der Waals surface area contributed by atoms with Gasteiger partial charge in [0.1, 0.15) is 17.5 Å². The molecule has 1 heterocycles. The average Bonchev–Trinajstić information content (AvgIpc) is 3.34. The summed E-state index contributed by atoms with van der Waals surface area (Å²) in [6.45, 7) is 0.708. The van der Waals surface area contributed by atoms with Gasteiger partial charge in [-0.15, -0.1) is 0 Å². The Labute approximate surface area is 130 Å². The van der Waals surface area contributed by atoms with E-state index >= 15 is 0 Å². The number of aromatic nitrogens is 2. The fraction of sp³-hybridized carbons (Fsp3) is 0.412. The summed E-state index contributed by atoms with van der Waals surface area (Å²) in [5.74, 6) is 2.13. The summed E-state index contributed by atoms with van der Waals surface area (Å²) in [6.07, 6.45) is 4.20. The Morgan fingerprint density at radius 1 is 1.23 bits per heavy atom. The maximum absolute atomic E-state index is 13.1. The summed E-state index contributed by atoms with van der Waals surface area (Å²) in [5, 5.41) is 3.38. The van der Waals surface area contributed by atoms with Crippen LogP contribution in [0, 0.1) is 5.82 Å². The lowest BCUT2D eigenvalue weighted by atomic mass is 10.1. The van der Waals surface area contributed by atoms with E-state index in [0.29, 0.717) is 12.5 Å². The standard InChI is InChI=1S/C17H21FN4/c1-22(2)15(12-5-7-14(18)8-6-12)11-20-16-9-10-19-17(21-16)13-3-4-13/h5-10,13,15H,3-4,11H2,1-2H3,(H,19,20,21). The maximum atomic E-state index is 13.1. The van der Waals surface area contributed by atoms with Crippen LogP contribution in [0.25, 0.3) is 0 Å². The van der Waals surface area contributed by atoms with Crippen LogP contribution in [-0.2, 0) is 0 Å². The van der Waals surface area contributed by atoms with Gasteiger partial charge in [0.05, 0.1) is 6.04 Å². The first-order valence-corrected chi connectivity index (χ1v) is 7.62. The molecule has 1 saturated carbocycles. The van der Waals surface area contributed by atoms with Gasteiger partial charge in [0.25, 0.3) is 0 Å². The Hall–Kier alpha value is -2.01. The van der Waals surface area contributed by atoms with Crippen molar-refractivity contribution in [2.75, 3.05) is 26.0 Å². The van der Waals surface area contributed by atoms with Crippen LogP contribution in [0.1, 0.15) is 36.2 Å². The minimum Gasteiger partial charge on any atom is -0.368 e. The van der Waals surface area contributed by atoms with Crippen LogP contribution in [0.3, 0.4) is 0 Å². The Morgan fingerprint density at radius 3 is 2.59 bits per heavy atom. The third-order valence-electron chi connectivity index (χ3n) is 3.97. The average molecular weight is 300 g/mol. The highest BCUT2D eigenvalue weighted by atomic mass is 19.1. The number of nitrogens with one attached hydrogen (secondary N) is 1. The lowest BCUT2D eigenvalue weighted by Gasteiger charge is -2.25. The summed E-state index contributed by atoms with van der Waals surface area (Å²) in [6, 6.07) is 8.71. The number of anilines is 1. The van der Waals surface area contributed by atoms with Crippen LogP contribution in [0.5, 0.6) is 0 Å². The molecule has 5 heteroatoms. The van der Waals surface area contributed by atoms with Gasteiger partial charge >= 0.3 is 0 Å². The van der Waals surface area contributed by atoms with Gasteiger partial charge in [-0.2, -0.15) is 0 Å². The van der Waals surface area contributed by atoms with E-state index in [1.165, 1.54) is 25.0 Å². The molecule has 22 heavy (non-hydrogen) atoms. The van der Waals surface area contributed by atoms with E-state index in [1.54, 1.807) is 0 Å². The molecular formula is C17H21FN4. The predicted molar refractivity (Wildman–Crippen MR) is 85.3 cm³/mol. The molecule has 116 valence electrons. The molecule has 2 aromatic rings. The Kier molecular flexibility index (Phi) is 4.34. The molecule has 0 spiro atoms. The van der Waals surface area contributed by atoms with E-state index in [4.69, 9.17) is 0 Å². The molecule has 1 unspecified atom stereocenters. The highest BCUT2D eigenvalue weighted by Crippen LogP contribution is 2.38. The first-order chi connectivity index (χ1) is 10.6. The molecule has 3 rings (SSSR count). The molecule has 0 amide bonds. The molecule has 0 aliphatic heterocycles. The molecular weight excluding hydrogens is 279 g/mol. The quantitative estimate of drug-likeness (QED) is 0.889. The van der Waals surface area contributed by atoms with Gasteiger partial charge in [-0.25, -0.2) is 14.4 Å². The first kappa shape index (κ1) is 14.9. The number of hydrogen-bond donors (Lipinski definition) is 1.